The highest BCUT2D eigenvalue weighted by Crippen LogP contribution is 2.04. The van der Waals surface area contributed by atoms with Gasteiger partial charge in [-0.1, -0.05) is 6.92 Å². The highest BCUT2D eigenvalue weighted by molar-refractivity contribution is 4.67. The normalized spacial score (nSPS) is 24.9. The fraction of sp³-hybridized carbons (Fsp3) is 1.00. The lowest BCUT2D eigenvalue weighted by molar-refractivity contribution is -0.0183. The Balaban J connectivity index is 2.00. The third-order valence-corrected chi connectivity index (χ3v) is 2.40. The summed E-state index contributed by atoms with van der Waals surface area (Å²) in [5, 5.41) is 3.34. The Morgan fingerprint density at radius 3 is 3.08 bits per heavy atom. The second-order valence-corrected chi connectivity index (χ2v) is 3.69. The van der Waals surface area contributed by atoms with E-state index in [1.807, 2.05) is 0 Å². The van der Waals surface area contributed by atoms with Crippen molar-refractivity contribution in [2.24, 2.45) is 0 Å². The summed E-state index contributed by atoms with van der Waals surface area (Å²) in [7, 11) is 0. The second kappa shape index (κ2) is 6.35. The van der Waals surface area contributed by atoms with E-state index in [0.29, 0.717) is 6.10 Å². The standard InChI is InChI=1S/C10H22N2O/c1-3-11-5-4-6-12-7-8-13-10(2)9-12/h10-11H,3-9H2,1-2H3. The highest BCUT2D eigenvalue weighted by atomic mass is 16.5. The Kier molecular flexibility index (Phi) is 5.35. The number of hydrogen-bond acceptors (Lipinski definition) is 3. The third kappa shape index (κ3) is 4.60. The lowest BCUT2D eigenvalue weighted by Crippen LogP contribution is -2.42. The Bertz CT molecular complexity index is 130. The summed E-state index contributed by atoms with van der Waals surface area (Å²) >= 11 is 0. The van der Waals surface area contributed by atoms with Crippen LogP contribution in [0.25, 0.3) is 0 Å². The maximum atomic E-state index is 5.48. The molecule has 1 atom stereocenters. The van der Waals surface area contributed by atoms with Crippen LogP contribution in [0.2, 0.25) is 0 Å². The van der Waals surface area contributed by atoms with Gasteiger partial charge < -0.3 is 10.1 Å². The van der Waals surface area contributed by atoms with Gasteiger partial charge in [0.05, 0.1) is 12.7 Å². The minimum atomic E-state index is 0.424. The van der Waals surface area contributed by atoms with Crippen LogP contribution in [-0.2, 0) is 4.74 Å². The minimum Gasteiger partial charge on any atom is -0.376 e. The summed E-state index contributed by atoms with van der Waals surface area (Å²) in [5.41, 5.74) is 0. The zero-order chi connectivity index (χ0) is 9.52. The number of nitrogens with zero attached hydrogens (tertiary/aromatic N) is 1. The predicted molar refractivity (Wildman–Crippen MR) is 55.0 cm³/mol. The summed E-state index contributed by atoms with van der Waals surface area (Å²) in [6.07, 6.45) is 1.67. The molecule has 78 valence electrons. The molecular formula is C10H22N2O. The van der Waals surface area contributed by atoms with Crippen molar-refractivity contribution in [1.82, 2.24) is 10.2 Å². The lowest BCUT2D eigenvalue weighted by Gasteiger charge is -2.30. The van der Waals surface area contributed by atoms with Gasteiger partial charge in [-0.2, -0.15) is 0 Å². The van der Waals surface area contributed by atoms with Crippen molar-refractivity contribution in [2.75, 3.05) is 39.3 Å². The van der Waals surface area contributed by atoms with E-state index in [4.69, 9.17) is 4.74 Å². The second-order valence-electron chi connectivity index (χ2n) is 3.69. The largest absolute Gasteiger partial charge is 0.376 e. The first kappa shape index (κ1) is 11.0. The number of hydrogen-bond donors (Lipinski definition) is 1. The Labute approximate surface area is 81.4 Å². The highest BCUT2D eigenvalue weighted by Gasteiger charge is 2.15. The molecule has 0 amide bonds. The number of nitrogens with one attached hydrogen (secondary N) is 1. The van der Waals surface area contributed by atoms with Gasteiger partial charge in [0.15, 0.2) is 0 Å². The van der Waals surface area contributed by atoms with Crippen molar-refractivity contribution < 1.29 is 4.74 Å². The molecular weight excluding hydrogens is 164 g/mol. The smallest absolute Gasteiger partial charge is 0.0674 e. The molecule has 13 heavy (non-hydrogen) atoms. The van der Waals surface area contributed by atoms with E-state index in [1.54, 1.807) is 0 Å². The SMILES string of the molecule is CCNCCCN1CCOC(C)C1. The van der Waals surface area contributed by atoms with E-state index in [9.17, 15) is 0 Å². The van der Waals surface area contributed by atoms with E-state index < -0.39 is 0 Å². The van der Waals surface area contributed by atoms with Gasteiger partial charge in [-0.05, 0) is 33.0 Å². The van der Waals surface area contributed by atoms with E-state index in [2.05, 4.69) is 24.1 Å². The molecule has 0 aliphatic carbocycles. The first-order chi connectivity index (χ1) is 6.33. The molecule has 0 aromatic rings. The van der Waals surface area contributed by atoms with E-state index >= 15 is 0 Å². The molecule has 1 aliphatic heterocycles. The van der Waals surface area contributed by atoms with Gasteiger partial charge in [0.25, 0.3) is 0 Å². The van der Waals surface area contributed by atoms with Gasteiger partial charge in [0, 0.05) is 13.1 Å². The molecule has 1 aliphatic rings. The molecule has 0 radical (unpaired) electrons. The maximum absolute atomic E-state index is 5.48. The topological polar surface area (TPSA) is 24.5 Å². The van der Waals surface area contributed by atoms with Crippen LogP contribution in [0.15, 0.2) is 0 Å². The van der Waals surface area contributed by atoms with Crippen molar-refractivity contribution in [3.8, 4) is 0 Å². The van der Waals surface area contributed by atoms with Crippen LogP contribution in [0.3, 0.4) is 0 Å². The average Bonchev–Trinajstić information content (AvgIpc) is 2.13. The van der Waals surface area contributed by atoms with Crippen LogP contribution in [0.5, 0.6) is 0 Å². The molecule has 1 fully saturated rings. The molecule has 1 saturated heterocycles. The first-order valence-electron chi connectivity index (χ1n) is 5.37. The molecule has 0 aromatic heterocycles. The van der Waals surface area contributed by atoms with Gasteiger partial charge in [-0.3, -0.25) is 4.90 Å². The number of morpholine rings is 1. The fourth-order valence-corrected chi connectivity index (χ4v) is 1.70. The van der Waals surface area contributed by atoms with Crippen LogP contribution >= 0.6 is 0 Å². The van der Waals surface area contributed by atoms with Gasteiger partial charge >= 0.3 is 0 Å². The van der Waals surface area contributed by atoms with Crippen LogP contribution in [0.1, 0.15) is 20.3 Å². The van der Waals surface area contributed by atoms with Crippen LogP contribution < -0.4 is 5.32 Å². The van der Waals surface area contributed by atoms with Crippen molar-refractivity contribution in [3.05, 3.63) is 0 Å². The molecule has 0 bridgehead atoms. The number of ether oxygens (including phenoxy) is 1. The summed E-state index contributed by atoms with van der Waals surface area (Å²) in [6, 6.07) is 0. The van der Waals surface area contributed by atoms with E-state index in [1.165, 1.54) is 13.0 Å². The van der Waals surface area contributed by atoms with Crippen LogP contribution in [-0.4, -0.2) is 50.3 Å². The quantitative estimate of drug-likeness (QED) is 0.640. The first-order valence-corrected chi connectivity index (χ1v) is 5.37. The average molecular weight is 186 g/mol. The molecule has 0 spiro atoms. The lowest BCUT2D eigenvalue weighted by atomic mass is 10.3. The van der Waals surface area contributed by atoms with Crippen LogP contribution in [0.4, 0.5) is 0 Å². The summed E-state index contributed by atoms with van der Waals surface area (Å²) in [4.78, 5) is 2.49. The molecule has 3 heteroatoms. The molecule has 1 rings (SSSR count). The zero-order valence-electron chi connectivity index (χ0n) is 8.88. The van der Waals surface area contributed by atoms with Gasteiger partial charge in [-0.25, -0.2) is 0 Å². The van der Waals surface area contributed by atoms with Gasteiger partial charge in [-0.15, -0.1) is 0 Å². The van der Waals surface area contributed by atoms with Crippen molar-refractivity contribution in [3.63, 3.8) is 0 Å². The summed E-state index contributed by atoms with van der Waals surface area (Å²) in [5.74, 6) is 0. The van der Waals surface area contributed by atoms with E-state index in [0.717, 1.165) is 32.8 Å². The van der Waals surface area contributed by atoms with Crippen molar-refractivity contribution in [2.45, 2.75) is 26.4 Å². The number of rotatable bonds is 5. The van der Waals surface area contributed by atoms with Crippen molar-refractivity contribution in [1.29, 1.82) is 0 Å². The molecule has 1 heterocycles. The third-order valence-electron chi connectivity index (χ3n) is 2.40. The molecule has 0 aromatic carbocycles. The monoisotopic (exact) mass is 186 g/mol. The predicted octanol–water partition coefficient (Wildman–Crippen LogP) is 0.707. The zero-order valence-corrected chi connectivity index (χ0v) is 8.88. The molecule has 1 N–H and O–H groups in total. The van der Waals surface area contributed by atoms with Crippen molar-refractivity contribution >= 4 is 0 Å². The van der Waals surface area contributed by atoms with Crippen LogP contribution in [0, 0.1) is 0 Å². The Hall–Kier alpha value is -0.120. The van der Waals surface area contributed by atoms with Gasteiger partial charge in [0.1, 0.15) is 0 Å². The minimum absolute atomic E-state index is 0.424. The molecule has 3 nitrogen and oxygen atoms in total. The summed E-state index contributed by atoms with van der Waals surface area (Å²) in [6.45, 7) is 10.8. The fourth-order valence-electron chi connectivity index (χ4n) is 1.70. The molecule has 1 unspecified atom stereocenters. The summed E-state index contributed by atoms with van der Waals surface area (Å²) < 4.78 is 5.48. The maximum Gasteiger partial charge on any atom is 0.0674 e. The van der Waals surface area contributed by atoms with E-state index in [-0.39, 0.29) is 0 Å². The van der Waals surface area contributed by atoms with Gasteiger partial charge in [0.2, 0.25) is 0 Å². The Morgan fingerprint density at radius 1 is 1.54 bits per heavy atom. The molecule has 0 saturated carbocycles. The Morgan fingerprint density at radius 2 is 2.38 bits per heavy atom.